The summed E-state index contributed by atoms with van der Waals surface area (Å²) in [5.41, 5.74) is 3.18. The fraction of sp³-hybridized carbons (Fsp3) is 0.464. The lowest BCUT2D eigenvalue weighted by molar-refractivity contribution is 0.121. The van der Waals surface area contributed by atoms with Gasteiger partial charge in [-0.3, -0.25) is 0 Å². The van der Waals surface area contributed by atoms with E-state index in [1.807, 2.05) is 41.1 Å². The number of ether oxygens (including phenoxy) is 1. The molecule has 5 rings (SSSR count). The zero-order chi connectivity index (χ0) is 26.4. The van der Waals surface area contributed by atoms with Gasteiger partial charge in [0.15, 0.2) is 0 Å². The number of nitrogens with one attached hydrogen (secondary N) is 1. The molecule has 1 aromatic heterocycles. The van der Waals surface area contributed by atoms with Crippen molar-refractivity contribution in [3.8, 4) is 5.75 Å². The molecule has 1 fully saturated rings. The van der Waals surface area contributed by atoms with Gasteiger partial charge >= 0.3 is 0 Å². The summed E-state index contributed by atoms with van der Waals surface area (Å²) in [6.45, 7) is 6.96. The number of benzene rings is 2. The van der Waals surface area contributed by atoms with Crippen molar-refractivity contribution in [3.05, 3.63) is 65.4 Å². The van der Waals surface area contributed by atoms with Crippen LogP contribution in [0.25, 0.3) is 0 Å². The third-order valence-corrected chi connectivity index (χ3v) is 9.17. The first-order chi connectivity index (χ1) is 17.5. The summed E-state index contributed by atoms with van der Waals surface area (Å²) in [7, 11) is -2.00. The molecule has 0 atom stereocenters. The summed E-state index contributed by atoms with van der Waals surface area (Å²) in [5.74, 6) is 1.89. The average molecular weight is 525 g/mol. The van der Waals surface area contributed by atoms with E-state index in [4.69, 9.17) is 9.84 Å². The van der Waals surface area contributed by atoms with Crippen molar-refractivity contribution in [2.75, 3.05) is 12.4 Å². The third-order valence-electron chi connectivity index (χ3n) is 7.30. The highest BCUT2D eigenvalue weighted by atomic mass is 32.2. The monoisotopic (exact) mass is 524 g/mol. The van der Waals surface area contributed by atoms with E-state index in [2.05, 4.69) is 32.2 Å². The topological polar surface area (TPSA) is 96.7 Å². The molecule has 0 amide bonds. The Hall–Kier alpha value is -2.88. The molecule has 1 aliphatic carbocycles. The van der Waals surface area contributed by atoms with Gasteiger partial charge in [-0.2, -0.15) is 9.40 Å². The number of anilines is 2. The van der Waals surface area contributed by atoms with Crippen LogP contribution in [0.15, 0.2) is 53.4 Å². The van der Waals surface area contributed by atoms with Gasteiger partial charge in [0.1, 0.15) is 11.6 Å². The Morgan fingerprint density at radius 1 is 1.05 bits per heavy atom. The number of hydrogen-bond donors (Lipinski definition) is 2. The lowest BCUT2D eigenvalue weighted by Crippen LogP contribution is -2.25. The van der Waals surface area contributed by atoms with Crippen LogP contribution in [0.5, 0.6) is 5.75 Å². The maximum atomic E-state index is 13.4. The Bertz CT molecular complexity index is 1370. The maximum absolute atomic E-state index is 13.4. The van der Waals surface area contributed by atoms with E-state index in [-0.39, 0.29) is 11.6 Å². The molecule has 2 N–H and O–H groups in total. The molecule has 0 unspecified atom stereocenters. The molecule has 9 heteroatoms. The first-order valence-electron chi connectivity index (χ1n) is 12.9. The summed E-state index contributed by atoms with van der Waals surface area (Å²) in [5, 5.41) is 18.3. The minimum absolute atomic E-state index is 0.212. The second-order valence-electron chi connectivity index (χ2n) is 11.1. The van der Waals surface area contributed by atoms with Crippen molar-refractivity contribution >= 4 is 21.5 Å². The zero-order valence-corrected chi connectivity index (χ0v) is 22.8. The Labute approximate surface area is 219 Å². The molecular weight excluding hydrogens is 488 g/mol. The molecule has 8 nitrogen and oxygen atoms in total. The van der Waals surface area contributed by atoms with E-state index in [0.29, 0.717) is 29.6 Å². The van der Waals surface area contributed by atoms with Crippen molar-refractivity contribution in [3.63, 3.8) is 0 Å². The molecule has 2 aromatic carbocycles. The largest absolute Gasteiger partial charge is 0.497 e. The fourth-order valence-corrected chi connectivity index (χ4v) is 6.86. The highest BCUT2D eigenvalue weighted by Crippen LogP contribution is 2.37. The highest BCUT2D eigenvalue weighted by molar-refractivity contribution is 7.89. The molecule has 2 heterocycles. The van der Waals surface area contributed by atoms with E-state index in [1.54, 1.807) is 13.2 Å². The van der Waals surface area contributed by atoms with E-state index >= 15 is 0 Å². The van der Waals surface area contributed by atoms with Crippen LogP contribution < -0.4 is 10.1 Å². The predicted octanol–water partition coefficient (Wildman–Crippen LogP) is 5.11. The van der Waals surface area contributed by atoms with Crippen LogP contribution in [0.1, 0.15) is 69.2 Å². The smallest absolute Gasteiger partial charge is 0.244 e. The van der Waals surface area contributed by atoms with Gasteiger partial charge in [0.05, 0.1) is 29.3 Å². The minimum Gasteiger partial charge on any atom is -0.497 e. The Balaban J connectivity index is 1.38. The van der Waals surface area contributed by atoms with Gasteiger partial charge in [-0.15, -0.1) is 0 Å². The fourth-order valence-electron chi connectivity index (χ4n) is 5.21. The van der Waals surface area contributed by atoms with Gasteiger partial charge in [0.2, 0.25) is 10.0 Å². The van der Waals surface area contributed by atoms with Crippen LogP contribution in [0.4, 0.5) is 11.5 Å². The molecule has 0 spiro atoms. The number of rotatable bonds is 6. The van der Waals surface area contributed by atoms with Crippen LogP contribution in [-0.2, 0) is 28.7 Å². The Kier molecular flexibility index (Phi) is 6.81. The number of hydrogen-bond acceptors (Lipinski definition) is 6. The lowest BCUT2D eigenvalue weighted by atomic mass is 9.85. The molecule has 0 saturated heterocycles. The van der Waals surface area contributed by atoms with Gasteiger partial charge in [-0.1, -0.05) is 18.2 Å². The minimum atomic E-state index is -3.61. The van der Waals surface area contributed by atoms with Crippen LogP contribution in [0, 0.1) is 0 Å². The molecule has 1 aliphatic heterocycles. The van der Waals surface area contributed by atoms with Crippen molar-refractivity contribution in [1.29, 1.82) is 0 Å². The molecule has 0 radical (unpaired) electrons. The number of fused-ring (bicyclic) bond motifs is 1. The molecule has 37 heavy (non-hydrogen) atoms. The molecule has 198 valence electrons. The Morgan fingerprint density at radius 2 is 1.76 bits per heavy atom. The first-order valence-corrected chi connectivity index (χ1v) is 14.3. The SMILES string of the molecule is COc1ccc(CN2Cc3ccc(Nc4cc(C5CCC(O)CC5)nn4C(C)(C)C)cc3S2(=O)=O)cc1. The van der Waals surface area contributed by atoms with Gasteiger partial charge in [0, 0.05) is 30.8 Å². The van der Waals surface area contributed by atoms with Crippen molar-refractivity contribution in [2.45, 2.75) is 82.0 Å². The number of aliphatic hydroxyl groups is 1. The van der Waals surface area contributed by atoms with Crippen LogP contribution >= 0.6 is 0 Å². The van der Waals surface area contributed by atoms with Crippen LogP contribution in [0.3, 0.4) is 0 Å². The zero-order valence-electron chi connectivity index (χ0n) is 21.9. The number of nitrogens with zero attached hydrogens (tertiary/aromatic N) is 3. The standard InChI is InChI=1S/C28H36N4O4S/c1-28(2,3)32-27(16-25(30-32)20-8-11-23(33)12-9-20)29-22-10-7-21-18-31(37(34,35)26(21)15-22)17-19-5-13-24(36-4)14-6-19/h5-7,10,13-16,20,23,29,33H,8-9,11-12,17-18H2,1-4H3. The number of aromatic nitrogens is 2. The van der Waals surface area contributed by atoms with Crippen molar-refractivity contribution in [1.82, 2.24) is 14.1 Å². The van der Waals surface area contributed by atoms with Gasteiger partial charge in [-0.05, 0) is 81.8 Å². The normalized spacial score (nSPS) is 21.5. The summed E-state index contributed by atoms with van der Waals surface area (Å²) in [6, 6.07) is 15.1. The summed E-state index contributed by atoms with van der Waals surface area (Å²) in [4.78, 5) is 0.342. The summed E-state index contributed by atoms with van der Waals surface area (Å²) < 4.78 is 35.5. The van der Waals surface area contributed by atoms with Gasteiger partial charge < -0.3 is 15.2 Å². The average Bonchev–Trinajstić information content (AvgIpc) is 3.39. The van der Waals surface area contributed by atoms with Gasteiger partial charge in [-0.25, -0.2) is 13.1 Å². The number of methoxy groups -OCH3 is 1. The lowest BCUT2D eigenvalue weighted by Gasteiger charge is -2.25. The van der Waals surface area contributed by atoms with Crippen LogP contribution in [-0.4, -0.2) is 40.8 Å². The second kappa shape index (κ2) is 9.78. The van der Waals surface area contributed by atoms with E-state index in [9.17, 15) is 13.5 Å². The Morgan fingerprint density at radius 3 is 2.41 bits per heavy atom. The molecule has 1 saturated carbocycles. The van der Waals surface area contributed by atoms with Gasteiger partial charge in [0.25, 0.3) is 0 Å². The quantitative estimate of drug-likeness (QED) is 0.465. The van der Waals surface area contributed by atoms with E-state index in [1.165, 1.54) is 4.31 Å². The summed E-state index contributed by atoms with van der Waals surface area (Å²) >= 11 is 0. The first kappa shape index (κ1) is 25.8. The second-order valence-corrected chi connectivity index (χ2v) is 13.0. The predicted molar refractivity (Wildman–Crippen MR) is 144 cm³/mol. The molecule has 0 bridgehead atoms. The molecular formula is C28H36N4O4S. The highest BCUT2D eigenvalue weighted by Gasteiger charge is 2.35. The van der Waals surface area contributed by atoms with Crippen molar-refractivity contribution < 1.29 is 18.3 Å². The van der Waals surface area contributed by atoms with Crippen LogP contribution in [0.2, 0.25) is 0 Å². The van der Waals surface area contributed by atoms with E-state index in [0.717, 1.165) is 54.1 Å². The maximum Gasteiger partial charge on any atom is 0.244 e. The number of sulfonamides is 1. The van der Waals surface area contributed by atoms with Crippen molar-refractivity contribution in [2.24, 2.45) is 0 Å². The summed E-state index contributed by atoms with van der Waals surface area (Å²) in [6.07, 6.45) is 3.22. The third kappa shape index (κ3) is 5.26. The number of aliphatic hydroxyl groups excluding tert-OH is 1. The molecule has 3 aromatic rings. The molecule has 2 aliphatic rings. The van der Waals surface area contributed by atoms with E-state index < -0.39 is 10.0 Å².